The van der Waals surface area contributed by atoms with Gasteiger partial charge in [0.1, 0.15) is 5.75 Å². The minimum atomic E-state index is -0.372. The number of methoxy groups -OCH3 is 1. The van der Waals surface area contributed by atoms with Crippen LogP contribution in [0.2, 0.25) is 0 Å². The van der Waals surface area contributed by atoms with Crippen LogP contribution in [0.15, 0.2) is 60.9 Å². The van der Waals surface area contributed by atoms with E-state index in [0.717, 1.165) is 30.4 Å². The van der Waals surface area contributed by atoms with Gasteiger partial charge in [-0.2, -0.15) is 0 Å². The maximum Gasteiger partial charge on any atom is 0.255 e. The lowest BCUT2D eigenvalue weighted by atomic mass is 10.0. The van der Waals surface area contributed by atoms with Crippen molar-refractivity contribution in [3.63, 3.8) is 0 Å². The van der Waals surface area contributed by atoms with Crippen molar-refractivity contribution in [3.8, 4) is 5.75 Å². The summed E-state index contributed by atoms with van der Waals surface area (Å²) < 4.78 is 11.0. The van der Waals surface area contributed by atoms with Gasteiger partial charge in [0.05, 0.1) is 31.1 Å². The molecule has 29 heavy (non-hydrogen) atoms. The van der Waals surface area contributed by atoms with Crippen molar-refractivity contribution in [2.45, 2.75) is 32.7 Å². The van der Waals surface area contributed by atoms with Gasteiger partial charge in [0.15, 0.2) is 0 Å². The second kappa shape index (κ2) is 11.9. The molecule has 0 aromatic heterocycles. The minimum Gasteiger partial charge on any atom is -0.515 e. The van der Waals surface area contributed by atoms with Gasteiger partial charge < -0.3 is 19.9 Å². The van der Waals surface area contributed by atoms with Gasteiger partial charge in [0.25, 0.3) is 5.91 Å². The van der Waals surface area contributed by atoms with E-state index in [0.29, 0.717) is 24.7 Å². The summed E-state index contributed by atoms with van der Waals surface area (Å²) in [7, 11) is 1.59. The van der Waals surface area contributed by atoms with Crippen LogP contribution in [0, 0.1) is 5.92 Å². The Balaban J connectivity index is 2.05. The van der Waals surface area contributed by atoms with Crippen LogP contribution in [-0.2, 0) is 9.53 Å². The van der Waals surface area contributed by atoms with Crippen LogP contribution in [0.5, 0.6) is 5.75 Å². The smallest absolute Gasteiger partial charge is 0.255 e. The summed E-state index contributed by atoms with van der Waals surface area (Å²) in [6.07, 6.45) is 3.10. The van der Waals surface area contributed by atoms with Crippen LogP contribution in [0.25, 0.3) is 5.57 Å². The molecule has 0 saturated carbocycles. The number of aliphatic hydroxyl groups excluding tert-OH is 1. The molecule has 0 unspecified atom stereocenters. The Bertz CT molecular complexity index is 771. The molecule has 1 amide bonds. The molecular formula is C24H31NO4. The summed E-state index contributed by atoms with van der Waals surface area (Å²) in [4.78, 5) is 12.8. The largest absolute Gasteiger partial charge is 0.515 e. The summed E-state index contributed by atoms with van der Waals surface area (Å²) in [6.45, 7) is 5.31. The molecule has 0 heterocycles. The standard InChI is InChI=1S/C24H31NO4/c1-4-8-18(2)16-29-21-13-11-19(12-14-21)22(15-26)24(27)25-23(17-28-3)20-9-6-5-7-10-20/h5-7,9-15,18,23,26H,4,8,16-17H2,1-3H3,(H,25,27)/t18-,23+/m0/s1. The number of carbonyl (C=O) groups is 1. The summed E-state index contributed by atoms with van der Waals surface area (Å²) in [5.41, 5.74) is 1.74. The molecule has 0 saturated heterocycles. The number of amides is 1. The molecule has 0 aliphatic rings. The molecule has 5 heteroatoms. The van der Waals surface area contributed by atoms with Gasteiger partial charge in [-0.25, -0.2) is 0 Å². The quantitative estimate of drug-likeness (QED) is 0.418. The molecule has 5 nitrogen and oxygen atoms in total. The van der Waals surface area contributed by atoms with E-state index in [2.05, 4.69) is 19.2 Å². The highest BCUT2D eigenvalue weighted by atomic mass is 16.5. The number of nitrogens with one attached hydrogen (secondary N) is 1. The van der Waals surface area contributed by atoms with Crippen LogP contribution >= 0.6 is 0 Å². The average Bonchev–Trinajstić information content (AvgIpc) is 2.74. The maximum absolute atomic E-state index is 12.8. The SMILES string of the molecule is CCC[C@H](C)COc1ccc(C(=CO)C(=O)N[C@H](COC)c2ccccc2)cc1. The van der Waals surface area contributed by atoms with Gasteiger partial charge in [-0.05, 0) is 35.6 Å². The predicted octanol–water partition coefficient (Wildman–Crippen LogP) is 4.90. The van der Waals surface area contributed by atoms with E-state index in [4.69, 9.17) is 9.47 Å². The van der Waals surface area contributed by atoms with Crippen LogP contribution in [0.4, 0.5) is 0 Å². The number of aliphatic hydroxyl groups is 1. The third-order valence-electron chi connectivity index (χ3n) is 4.70. The van der Waals surface area contributed by atoms with Crippen LogP contribution in [0.3, 0.4) is 0 Å². The molecule has 0 fully saturated rings. The molecule has 0 aliphatic carbocycles. The fraction of sp³-hybridized carbons (Fsp3) is 0.375. The van der Waals surface area contributed by atoms with Gasteiger partial charge in [0, 0.05) is 7.11 Å². The van der Waals surface area contributed by atoms with Crippen LogP contribution in [0.1, 0.15) is 43.9 Å². The lowest BCUT2D eigenvalue weighted by molar-refractivity contribution is -0.116. The molecule has 2 N–H and O–H groups in total. The summed E-state index contributed by atoms with van der Waals surface area (Å²) in [5.74, 6) is 0.869. The molecular weight excluding hydrogens is 366 g/mol. The molecule has 0 aliphatic heterocycles. The first kappa shape index (κ1) is 22.5. The summed E-state index contributed by atoms with van der Waals surface area (Å²) in [5, 5.41) is 12.6. The monoisotopic (exact) mass is 397 g/mol. The number of hydrogen-bond donors (Lipinski definition) is 2. The first-order valence-electron chi connectivity index (χ1n) is 10.0. The fourth-order valence-electron chi connectivity index (χ4n) is 3.12. The first-order valence-corrected chi connectivity index (χ1v) is 10.0. The number of rotatable bonds is 11. The van der Waals surface area contributed by atoms with E-state index in [1.807, 2.05) is 42.5 Å². The highest BCUT2D eigenvalue weighted by Gasteiger charge is 2.19. The van der Waals surface area contributed by atoms with Gasteiger partial charge in [-0.3, -0.25) is 4.79 Å². The van der Waals surface area contributed by atoms with E-state index in [1.54, 1.807) is 19.2 Å². The van der Waals surface area contributed by atoms with Gasteiger partial charge in [-0.1, -0.05) is 62.7 Å². The van der Waals surface area contributed by atoms with Gasteiger partial charge >= 0.3 is 0 Å². The summed E-state index contributed by atoms with van der Waals surface area (Å²) in [6, 6.07) is 16.5. The Hall–Kier alpha value is -2.79. The zero-order valence-corrected chi connectivity index (χ0v) is 17.4. The van der Waals surface area contributed by atoms with Gasteiger partial charge in [0.2, 0.25) is 0 Å². The highest BCUT2D eigenvalue weighted by molar-refractivity contribution is 6.19. The van der Waals surface area contributed by atoms with Crippen molar-refractivity contribution in [3.05, 3.63) is 72.0 Å². The topological polar surface area (TPSA) is 67.8 Å². The third-order valence-corrected chi connectivity index (χ3v) is 4.70. The number of hydrogen-bond acceptors (Lipinski definition) is 4. The van der Waals surface area contributed by atoms with Crippen molar-refractivity contribution in [2.24, 2.45) is 5.92 Å². The van der Waals surface area contributed by atoms with Crippen molar-refractivity contribution in [2.75, 3.05) is 20.3 Å². The molecule has 2 aromatic rings. The Morgan fingerprint density at radius 2 is 1.79 bits per heavy atom. The minimum absolute atomic E-state index is 0.188. The molecule has 0 spiro atoms. The lowest BCUT2D eigenvalue weighted by Crippen LogP contribution is -2.32. The first-order chi connectivity index (χ1) is 14.1. The van der Waals surface area contributed by atoms with E-state index in [9.17, 15) is 9.90 Å². The predicted molar refractivity (Wildman–Crippen MR) is 116 cm³/mol. The van der Waals surface area contributed by atoms with Crippen molar-refractivity contribution in [1.82, 2.24) is 5.32 Å². The molecule has 2 rings (SSSR count). The average molecular weight is 398 g/mol. The zero-order chi connectivity index (χ0) is 21.1. The van der Waals surface area contributed by atoms with Gasteiger partial charge in [-0.15, -0.1) is 0 Å². The van der Waals surface area contributed by atoms with Crippen molar-refractivity contribution in [1.29, 1.82) is 0 Å². The lowest BCUT2D eigenvalue weighted by Gasteiger charge is -2.19. The maximum atomic E-state index is 12.8. The molecule has 0 radical (unpaired) electrons. The summed E-state index contributed by atoms with van der Waals surface area (Å²) >= 11 is 0. The number of benzene rings is 2. The highest BCUT2D eigenvalue weighted by Crippen LogP contribution is 2.21. The fourth-order valence-corrected chi connectivity index (χ4v) is 3.12. The Labute approximate surface area is 173 Å². The number of ether oxygens (including phenoxy) is 2. The molecule has 2 aromatic carbocycles. The second-order valence-electron chi connectivity index (χ2n) is 7.16. The molecule has 0 bridgehead atoms. The number of carbonyl (C=O) groups excluding carboxylic acids is 1. The second-order valence-corrected chi connectivity index (χ2v) is 7.16. The van der Waals surface area contributed by atoms with Crippen LogP contribution in [-0.4, -0.2) is 31.3 Å². The normalized spacial score (nSPS) is 13.6. The Morgan fingerprint density at radius 1 is 1.10 bits per heavy atom. The Kier molecular flexibility index (Phi) is 9.25. The van der Waals surface area contributed by atoms with E-state index in [-0.39, 0.29) is 17.5 Å². The van der Waals surface area contributed by atoms with E-state index in [1.165, 1.54) is 0 Å². The Morgan fingerprint density at radius 3 is 2.38 bits per heavy atom. The third kappa shape index (κ3) is 6.95. The molecule has 2 atom stereocenters. The van der Waals surface area contributed by atoms with Crippen molar-refractivity contribution >= 4 is 11.5 Å². The van der Waals surface area contributed by atoms with E-state index >= 15 is 0 Å². The molecule has 156 valence electrons. The van der Waals surface area contributed by atoms with E-state index < -0.39 is 0 Å². The van der Waals surface area contributed by atoms with Crippen LogP contribution < -0.4 is 10.1 Å². The zero-order valence-electron chi connectivity index (χ0n) is 17.4. The van der Waals surface area contributed by atoms with Crippen molar-refractivity contribution < 1.29 is 19.4 Å².